The molecule has 1 aromatic heterocycles. The van der Waals surface area contributed by atoms with Gasteiger partial charge in [-0.2, -0.15) is 5.10 Å². The molecule has 15 heavy (non-hydrogen) atoms. The molecule has 1 aromatic carbocycles. The van der Waals surface area contributed by atoms with E-state index >= 15 is 0 Å². The quantitative estimate of drug-likeness (QED) is 0.848. The first-order valence-corrected chi connectivity index (χ1v) is 5.19. The van der Waals surface area contributed by atoms with Crippen molar-refractivity contribution < 1.29 is 0 Å². The van der Waals surface area contributed by atoms with Crippen molar-refractivity contribution in [3.05, 3.63) is 41.0 Å². The number of aryl methyl sites for hydroxylation is 1. The molecule has 0 amide bonds. The largest absolute Gasteiger partial charge is 0.382 e. The second kappa shape index (κ2) is 3.95. The van der Waals surface area contributed by atoms with Crippen molar-refractivity contribution in [2.24, 2.45) is 0 Å². The first-order valence-electron chi connectivity index (χ1n) is 4.81. The minimum atomic E-state index is 0.520. The first-order chi connectivity index (χ1) is 7.22. The van der Waals surface area contributed by atoms with Gasteiger partial charge in [0.05, 0.1) is 10.7 Å². The second-order valence-corrected chi connectivity index (χ2v) is 3.68. The summed E-state index contributed by atoms with van der Waals surface area (Å²) < 4.78 is 1.79. The van der Waals surface area contributed by atoms with Crippen LogP contribution in [0.25, 0.3) is 5.69 Å². The summed E-state index contributed by atoms with van der Waals surface area (Å²) in [4.78, 5) is 0. The lowest BCUT2D eigenvalue weighted by molar-refractivity contribution is 0.817. The molecule has 2 rings (SSSR count). The van der Waals surface area contributed by atoms with Crippen molar-refractivity contribution in [1.29, 1.82) is 0 Å². The van der Waals surface area contributed by atoms with Gasteiger partial charge in [-0.15, -0.1) is 0 Å². The SMILES string of the molecule is CCc1cc(N)nn1-c1ccccc1Cl. The van der Waals surface area contributed by atoms with E-state index in [1.807, 2.05) is 30.3 Å². The highest BCUT2D eigenvalue weighted by molar-refractivity contribution is 6.32. The Hall–Kier alpha value is -1.48. The predicted molar refractivity (Wildman–Crippen MR) is 62.4 cm³/mol. The Balaban J connectivity index is 2.58. The number of hydrogen-bond acceptors (Lipinski definition) is 2. The Kier molecular flexibility index (Phi) is 2.64. The third kappa shape index (κ3) is 1.83. The van der Waals surface area contributed by atoms with E-state index in [-0.39, 0.29) is 0 Å². The molecule has 3 nitrogen and oxygen atoms in total. The Bertz CT molecular complexity index is 476. The molecule has 0 saturated heterocycles. The number of aromatic nitrogens is 2. The van der Waals surface area contributed by atoms with Crippen LogP contribution in [-0.4, -0.2) is 9.78 Å². The van der Waals surface area contributed by atoms with E-state index in [4.69, 9.17) is 17.3 Å². The summed E-state index contributed by atoms with van der Waals surface area (Å²) in [5.41, 5.74) is 7.59. The minimum Gasteiger partial charge on any atom is -0.382 e. The number of para-hydroxylation sites is 1. The van der Waals surface area contributed by atoms with Crippen LogP contribution in [0.15, 0.2) is 30.3 Å². The van der Waals surface area contributed by atoms with Crippen molar-refractivity contribution in [1.82, 2.24) is 9.78 Å². The molecule has 0 aliphatic heterocycles. The fraction of sp³-hybridized carbons (Fsp3) is 0.182. The van der Waals surface area contributed by atoms with Crippen LogP contribution in [-0.2, 0) is 6.42 Å². The predicted octanol–water partition coefficient (Wildman–Crippen LogP) is 2.67. The van der Waals surface area contributed by atoms with Crippen LogP contribution in [0.5, 0.6) is 0 Å². The average Bonchev–Trinajstić information content (AvgIpc) is 2.60. The van der Waals surface area contributed by atoms with Gasteiger partial charge in [-0.05, 0) is 18.6 Å². The van der Waals surface area contributed by atoms with E-state index in [1.165, 1.54) is 0 Å². The number of nitrogens with zero attached hydrogens (tertiary/aromatic N) is 2. The number of benzene rings is 1. The van der Waals surface area contributed by atoms with Crippen molar-refractivity contribution >= 4 is 17.4 Å². The van der Waals surface area contributed by atoms with Crippen LogP contribution in [0.1, 0.15) is 12.6 Å². The Morgan fingerprint density at radius 1 is 1.40 bits per heavy atom. The number of hydrogen-bond donors (Lipinski definition) is 1. The van der Waals surface area contributed by atoms with Gasteiger partial charge in [-0.3, -0.25) is 0 Å². The molecule has 0 atom stereocenters. The molecule has 2 N–H and O–H groups in total. The summed E-state index contributed by atoms with van der Waals surface area (Å²) in [6.07, 6.45) is 0.870. The molecule has 0 aliphatic carbocycles. The number of nitrogen functional groups attached to an aromatic ring is 1. The van der Waals surface area contributed by atoms with Crippen LogP contribution >= 0.6 is 11.6 Å². The van der Waals surface area contributed by atoms with Crippen LogP contribution in [0.2, 0.25) is 5.02 Å². The standard InChI is InChI=1S/C11H12ClN3/c1-2-8-7-11(13)14-15(8)10-6-4-3-5-9(10)12/h3-7H,2H2,1H3,(H2,13,14). The summed E-state index contributed by atoms with van der Waals surface area (Å²) in [6, 6.07) is 9.45. The molecule has 0 radical (unpaired) electrons. The van der Waals surface area contributed by atoms with E-state index < -0.39 is 0 Å². The van der Waals surface area contributed by atoms with E-state index in [9.17, 15) is 0 Å². The van der Waals surface area contributed by atoms with Gasteiger partial charge in [0.15, 0.2) is 0 Å². The van der Waals surface area contributed by atoms with Crippen LogP contribution in [0.3, 0.4) is 0 Å². The van der Waals surface area contributed by atoms with E-state index in [0.29, 0.717) is 10.8 Å². The van der Waals surface area contributed by atoms with E-state index in [2.05, 4.69) is 12.0 Å². The zero-order chi connectivity index (χ0) is 10.8. The third-order valence-corrected chi connectivity index (χ3v) is 2.56. The molecule has 0 unspecified atom stereocenters. The number of rotatable bonds is 2. The van der Waals surface area contributed by atoms with E-state index in [0.717, 1.165) is 17.8 Å². The maximum absolute atomic E-state index is 6.10. The van der Waals surface area contributed by atoms with Gasteiger partial charge in [0.25, 0.3) is 0 Å². The van der Waals surface area contributed by atoms with Gasteiger partial charge in [-0.1, -0.05) is 30.7 Å². The Morgan fingerprint density at radius 3 is 2.80 bits per heavy atom. The zero-order valence-electron chi connectivity index (χ0n) is 8.44. The molecule has 78 valence electrons. The maximum atomic E-state index is 6.10. The van der Waals surface area contributed by atoms with Crippen molar-refractivity contribution in [3.63, 3.8) is 0 Å². The van der Waals surface area contributed by atoms with Gasteiger partial charge in [0.1, 0.15) is 5.82 Å². The van der Waals surface area contributed by atoms with Crippen LogP contribution < -0.4 is 5.73 Å². The Labute approximate surface area is 93.5 Å². The second-order valence-electron chi connectivity index (χ2n) is 3.28. The topological polar surface area (TPSA) is 43.8 Å². The summed E-state index contributed by atoms with van der Waals surface area (Å²) in [7, 11) is 0. The molecular weight excluding hydrogens is 210 g/mol. The molecule has 0 aliphatic rings. The van der Waals surface area contributed by atoms with Crippen LogP contribution in [0, 0.1) is 0 Å². The van der Waals surface area contributed by atoms with Crippen molar-refractivity contribution in [2.45, 2.75) is 13.3 Å². The molecular formula is C11H12ClN3. The molecule has 0 saturated carbocycles. The summed E-state index contributed by atoms with van der Waals surface area (Å²) in [5.74, 6) is 0.520. The number of anilines is 1. The molecule has 0 bridgehead atoms. The Morgan fingerprint density at radius 2 is 2.13 bits per heavy atom. The molecule has 2 aromatic rings. The first kappa shape index (κ1) is 10.1. The fourth-order valence-electron chi connectivity index (χ4n) is 1.52. The fourth-order valence-corrected chi connectivity index (χ4v) is 1.74. The number of halogens is 1. The van der Waals surface area contributed by atoms with Crippen LogP contribution in [0.4, 0.5) is 5.82 Å². The molecule has 1 heterocycles. The van der Waals surface area contributed by atoms with Gasteiger partial charge in [-0.25, -0.2) is 4.68 Å². The highest BCUT2D eigenvalue weighted by Gasteiger charge is 2.08. The maximum Gasteiger partial charge on any atom is 0.146 e. The van der Waals surface area contributed by atoms with Gasteiger partial charge in [0.2, 0.25) is 0 Å². The zero-order valence-corrected chi connectivity index (χ0v) is 9.20. The third-order valence-electron chi connectivity index (χ3n) is 2.24. The summed E-state index contributed by atoms with van der Waals surface area (Å²) >= 11 is 6.10. The average molecular weight is 222 g/mol. The summed E-state index contributed by atoms with van der Waals surface area (Å²) in [5, 5.41) is 4.90. The smallest absolute Gasteiger partial charge is 0.146 e. The number of nitrogens with two attached hydrogens (primary N) is 1. The van der Waals surface area contributed by atoms with Gasteiger partial charge in [0, 0.05) is 11.8 Å². The highest BCUT2D eigenvalue weighted by atomic mass is 35.5. The highest BCUT2D eigenvalue weighted by Crippen LogP contribution is 2.22. The van der Waals surface area contributed by atoms with Crippen molar-refractivity contribution in [3.8, 4) is 5.69 Å². The lowest BCUT2D eigenvalue weighted by atomic mass is 10.3. The van der Waals surface area contributed by atoms with Gasteiger partial charge >= 0.3 is 0 Å². The van der Waals surface area contributed by atoms with E-state index in [1.54, 1.807) is 4.68 Å². The minimum absolute atomic E-state index is 0.520. The lowest BCUT2D eigenvalue weighted by Gasteiger charge is -2.06. The normalized spacial score (nSPS) is 10.5. The summed E-state index contributed by atoms with van der Waals surface area (Å²) in [6.45, 7) is 2.06. The molecule has 0 fully saturated rings. The molecule has 4 heteroatoms. The monoisotopic (exact) mass is 221 g/mol. The molecule has 0 spiro atoms. The van der Waals surface area contributed by atoms with Gasteiger partial charge < -0.3 is 5.73 Å². The lowest BCUT2D eigenvalue weighted by Crippen LogP contribution is -2.02. The van der Waals surface area contributed by atoms with Crippen molar-refractivity contribution in [2.75, 3.05) is 5.73 Å².